The monoisotopic (exact) mass is 513 g/mol. The summed E-state index contributed by atoms with van der Waals surface area (Å²) in [5, 5.41) is 4.98. The number of hydrogen-bond acceptors (Lipinski definition) is 6. The van der Waals surface area contributed by atoms with Crippen LogP contribution in [-0.2, 0) is 9.59 Å². The number of ether oxygens (including phenoxy) is 1. The lowest BCUT2D eigenvalue weighted by molar-refractivity contribution is -0.125. The quantitative estimate of drug-likeness (QED) is 0.468. The highest BCUT2D eigenvalue weighted by molar-refractivity contribution is 8.18. The first-order chi connectivity index (χ1) is 17.2. The molecule has 190 valence electrons. The summed E-state index contributed by atoms with van der Waals surface area (Å²) in [7, 11) is 0. The van der Waals surface area contributed by atoms with Gasteiger partial charge in [-0.15, -0.1) is 0 Å². The molecule has 10 heteroatoms. The maximum atomic E-state index is 13.1. The second-order valence-corrected chi connectivity index (χ2v) is 9.32. The summed E-state index contributed by atoms with van der Waals surface area (Å²) in [5.74, 6) is -1.25. The van der Waals surface area contributed by atoms with Crippen molar-refractivity contribution in [2.45, 2.75) is 26.8 Å². The Balaban J connectivity index is 1.55. The molecule has 2 N–H and O–H groups in total. The minimum atomic E-state index is -0.808. The molecule has 2 aromatic carbocycles. The number of nitrogens with one attached hydrogen (secondary N) is 2. The standard InChI is InChI=1S/C26H28FN3O5S/c1-4-35-20-11-7-18(8-12-20)23(31)29-22(16(2)3)24(32)28-13-14-30-25(33)21(36-26(30)34)15-17-5-9-19(27)10-6-17/h5-12,15-16,22H,4,13-14H2,1-3H3,(H,28,32)(H,29,31)/b21-15-. The van der Waals surface area contributed by atoms with Gasteiger partial charge in [0.15, 0.2) is 0 Å². The van der Waals surface area contributed by atoms with Gasteiger partial charge in [-0.1, -0.05) is 26.0 Å². The molecule has 1 aliphatic rings. The molecule has 4 amide bonds. The van der Waals surface area contributed by atoms with E-state index in [0.717, 1.165) is 16.7 Å². The van der Waals surface area contributed by atoms with Gasteiger partial charge in [0, 0.05) is 18.7 Å². The van der Waals surface area contributed by atoms with Crippen molar-refractivity contribution < 1.29 is 28.3 Å². The van der Waals surface area contributed by atoms with Gasteiger partial charge in [-0.25, -0.2) is 4.39 Å². The fraction of sp³-hybridized carbons (Fsp3) is 0.308. The van der Waals surface area contributed by atoms with Crippen molar-refractivity contribution in [1.82, 2.24) is 15.5 Å². The lowest BCUT2D eigenvalue weighted by Crippen LogP contribution is -2.51. The van der Waals surface area contributed by atoms with Gasteiger partial charge < -0.3 is 15.4 Å². The van der Waals surface area contributed by atoms with Gasteiger partial charge >= 0.3 is 0 Å². The van der Waals surface area contributed by atoms with Gasteiger partial charge in [0.1, 0.15) is 17.6 Å². The van der Waals surface area contributed by atoms with Crippen LogP contribution in [0.4, 0.5) is 9.18 Å². The molecule has 1 atom stereocenters. The lowest BCUT2D eigenvalue weighted by atomic mass is 10.0. The van der Waals surface area contributed by atoms with Crippen molar-refractivity contribution in [1.29, 1.82) is 0 Å². The Morgan fingerprint density at radius 1 is 1.08 bits per heavy atom. The Hall–Kier alpha value is -3.66. The number of halogens is 1. The molecule has 3 rings (SSSR count). The summed E-state index contributed by atoms with van der Waals surface area (Å²) in [6.45, 7) is 6.00. The zero-order valence-corrected chi connectivity index (χ0v) is 21.1. The number of amides is 4. The van der Waals surface area contributed by atoms with Gasteiger partial charge in [-0.2, -0.15) is 0 Å². The van der Waals surface area contributed by atoms with Crippen LogP contribution in [-0.4, -0.2) is 53.6 Å². The van der Waals surface area contributed by atoms with E-state index in [1.165, 1.54) is 30.3 Å². The highest BCUT2D eigenvalue weighted by Gasteiger charge is 2.35. The third kappa shape index (κ3) is 6.94. The van der Waals surface area contributed by atoms with E-state index in [4.69, 9.17) is 4.74 Å². The number of carbonyl (C=O) groups excluding carboxylic acids is 4. The number of benzene rings is 2. The van der Waals surface area contributed by atoms with Gasteiger partial charge in [-0.3, -0.25) is 24.1 Å². The second kappa shape index (κ2) is 12.3. The molecule has 2 aromatic rings. The highest BCUT2D eigenvalue weighted by Crippen LogP contribution is 2.31. The minimum Gasteiger partial charge on any atom is -0.494 e. The van der Waals surface area contributed by atoms with Crippen LogP contribution in [0.5, 0.6) is 5.75 Å². The van der Waals surface area contributed by atoms with Crippen molar-refractivity contribution in [3.05, 3.63) is 70.4 Å². The van der Waals surface area contributed by atoms with Gasteiger partial charge in [-0.05, 0) is 72.6 Å². The van der Waals surface area contributed by atoms with Crippen molar-refractivity contribution in [2.75, 3.05) is 19.7 Å². The van der Waals surface area contributed by atoms with Gasteiger partial charge in [0.05, 0.1) is 11.5 Å². The molecule has 8 nitrogen and oxygen atoms in total. The molecule has 1 heterocycles. The van der Waals surface area contributed by atoms with Crippen LogP contribution in [0.15, 0.2) is 53.4 Å². The molecule has 0 aliphatic carbocycles. The van der Waals surface area contributed by atoms with Crippen LogP contribution in [0.2, 0.25) is 0 Å². The molecule has 0 radical (unpaired) electrons. The molecule has 1 unspecified atom stereocenters. The SMILES string of the molecule is CCOc1ccc(C(=O)NC(C(=O)NCCN2C(=O)S/C(=C\c3ccc(F)cc3)C2=O)C(C)C)cc1. The summed E-state index contributed by atoms with van der Waals surface area (Å²) in [6.07, 6.45) is 1.52. The van der Waals surface area contributed by atoms with E-state index in [0.29, 0.717) is 23.5 Å². The molecule has 0 bridgehead atoms. The number of hydrogen-bond donors (Lipinski definition) is 2. The molecule has 0 spiro atoms. The summed E-state index contributed by atoms with van der Waals surface area (Å²) in [4.78, 5) is 51.6. The topological polar surface area (TPSA) is 105 Å². The van der Waals surface area contributed by atoms with Crippen molar-refractivity contribution in [3.8, 4) is 5.75 Å². The van der Waals surface area contributed by atoms with Crippen LogP contribution in [0, 0.1) is 11.7 Å². The van der Waals surface area contributed by atoms with E-state index < -0.39 is 34.8 Å². The van der Waals surface area contributed by atoms with E-state index in [1.807, 2.05) is 6.92 Å². The number of thioether (sulfide) groups is 1. The van der Waals surface area contributed by atoms with E-state index in [9.17, 15) is 23.6 Å². The van der Waals surface area contributed by atoms with Gasteiger partial charge in [0.25, 0.3) is 17.1 Å². The summed E-state index contributed by atoms with van der Waals surface area (Å²) in [6, 6.07) is 11.4. The first-order valence-electron chi connectivity index (χ1n) is 11.5. The molecule has 1 saturated heterocycles. The van der Waals surface area contributed by atoms with E-state index in [-0.39, 0.29) is 23.9 Å². The van der Waals surface area contributed by atoms with Crippen molar-refractivity contribution >= 4 is 40.8 Å². The summed E-state index contributed by atoms with van der Waals surface area (Å²) < 4.78 is 18.5. The first-order valence-corrected chi connectivity index (χ1v) is 12.3. The average molecular weight is 514 g/mol. The Bertz CT molecular complexity index is 1150. The van der Waals surface area contributed by atoms with Gasteiger partial charge in [0.2, 0.25) is 5.91 Å². The average Bonchev–Trinajstić information content (AvgIpc) is 3.11. The summed E-state index contributed by atoms with van der Waals surface area (Å²) in [5.41, 5.74) is 0.987. The Kier molecular flexibility index (Phi) is 9.24. The largest absolute Gasteiger partial charge is 0.494 e. The van der Waals surface area contributed by atoms with Crippen molar-refractivity contribution in [3.63, 3.8) is 0 Å². The van der Waals surface area contributed by atoms with Crippen LogP contribution in [0.1, 0.15) is 36.7 Å². The third-order valence-corrected chi connectivity index (χ3v) is 6.25. The maximum Gasteiger partial charge on any atom is 0.293 e. The second-order valence-electron chi connectivity index (χ2n) is 8.33. The van der Waals surface area contributed by atoms with Crippen LogP contribution in [0.3, 0.4) is 0 Å². The number of nitrogens with zero attached hydrogens (tertiary/aromatic N) is 1. The Morgan fingerprint density at radius 2 is 1.75 bits per heavy atom. The third-order valence-electron chi connectivity index (χ3n) is 5.34. The number of rotatable bonds is 10. The maximum absolute atomic E-state index is 13.1. The predicted octanol–water partition coefficient (Wildman–Crippen LogP) is 3.83. The Labute approximate surface area is 213 Å². The molecule has 0 saturated carbocycles. The fourth-order valence-corrected chi connectivity index (χ4v) is 4.30. The number of carbonyl (C=O) groups is 4. The molecule has 36 heavy (non-hydrogen) atoms. The first kappa shape index (κ1) is 26.9. The van der Waals surface area contributed by atoms with E-state index >= 15 is 0 Å². The fourth-order valence-electron chi connectivity index (χ4n) is 3.43. The molecule has 1 fully saturated rings. The summed E-state index contributed by atoms with van der Waals surface area (Å²) >= 11 is 0.787. The van der Waals surface area contributed by atoms with E-state index in [2.05, 4.69) is 10.6 Å². The highest BCUT2D eigenvalue weighted by atomic mass is 32.2. The van der Waals surface area contributed by atoms with E-state index in [1.54, 1.807) is 38.1 Å². The van der Waals surface area contributed by atoms with Crippen LogP contribution in [0.25, 0.3) is 6.08 Å². The smallest absolute Gasteiger partial charge is 0.293 e. The molecule has 0 aromatic heterocycles. The zero-order chi connectivity index (χ0) is 26.2. The van der Waals surface area contributed by atoms with Crippen LogP contribution >= 0.6 is 11.8 Å². The molecule has 1 aliphatic heterocycles. The zero-order valence-electron chi connectivity index (χ0n) is 20.2. The minimum absolute atomic E-state index is 0.0190. The normalized spacial score (nSPS) is 15.4. The predicted molar refractivity (Wildman–Crippen MR) is 136 cm³/mol. The van der Waals surface area contributed by atoms with Crippen molar-refractivity contribution in [2.24, 2.45) is 5.92 Å². The lowest BCUT2D eigenvalue weighted by Gasteiger charge is -2.22. The molecular weight excluding hydrogens is 485 g/mol. The van der Waals surface area contributed by atoms with Crippen LogP contribution < -0.4 is 15.4 Å². The Morgan fingerprint density at radius 3 is 2.36 bits per heavy atom. The number of imide groups is 1. The molecular formula is C26H28FN3O5S.